The lowest BCUT2D eigenvalue weighted by molar-refractivity contribution is 0.0925. The molecule has 0 bridgehead atoms. The van der Waals surface area contributed by atoms with Crippen LogP contribution in [0.25, 0.3) is 16.9 Å². The van der Waals surface area contributed by atoms with Gasteiger partial charge in [0.15, 0.2) is 0 Å². The van der Waals surface area contributed by atoms with Crippen molar-refractivity contribution in [3.8, 4) is 28.4 Å². The minimum absolute atomic E-state index is 0.171. The number of benzene rings is 3. The highest BCUT2D eigenvalue weighted by molar-refractivity contribution is 6.00. The first-order valence-corrected chi connectivity index (χ1v) is 10.6. The van der Waals surface area contributed by atoms with Gasteiger partial charge in [-0.1, -0.05) is 30.3 Å². The van der Waals surface area contributed by atoms with Crippen LogP contribution >= 0.6 is 0 Å². The van der Waals surface area contributed by atoms with Crippen LogP contribution in [0.4, 0.5) is 4.39 Å². The molecule has 1 aromatic heterocycles. The zero-order valence-corrected chi connectivity index (χ0v) is 18.0. The van der Waals surface area contributed by atoms with Crippen LogP contribution in [-0.4, -0.2) is 29.4 Å². The molecule has 1 amide bonds. The number of nitrogens with zero attached hydrogens (tertiary/aromatic N) is 2. The molecule has 1 aliphatic heterocycles. The zero-order chi connectivity index (χ0) is 22.8. The van der Waals surface area contributed by atoms with Gasteiger partial charge in [0.05, 0.1) is 31.0 Å². The van der Waals surface area contributed by atoms with Crippen LogP contribution < -0.4 is 14.8 Å². The molecule has 1 N–H and O–H groups in total. The summed E-state index contributed by atoms with van der Waals surface area (Å²) in [7, 11) is 1.59. The Labute approximate surface area is 190 Å². The van der Waals surface area contributed by atoms with Crippen molar-refractivity contribution >= 4 is 5.91 Å². The van der Waals surface area contributed by atoms with Gasteiger partial charge < -0.3 is 14.8 Å². The first kappa shape index (κ1) is 20.8. The van der Waals surface area contributed by atoms with E-state index in [0.29, 0.717) is 35.7 Å². The number of hydrogen-bond acceptors (Lipinski definition) is 4. The predicted octanol–water partition coefficient (Wildman–Crippen LogP) is 4.94. The van der Waals surface area contributed by atoms with Gasteiger partial charge in [0.25, 0.3) is 5.91 Å². The molecule has 4 aromatic rings. The summed E-state index contributed by atoms with van der Waals surface area (Å²) in [5, 5.41) is 7.81. The number of para-hydroxylation sites is 1. The molecule has 0 saturated heterocycles. The van der Waals surface area contributed by atoms with Crippen LogP contribution in [0.3, 0.4) is 0 Å². The van der Waals surface area contributed by atoms with Gasteiger partial charge in [-0.15, -0.1) is 0 Å². The van der Waals surface area contributed by atoms with Crippen LogP contribution in [0, 0.1) is 5.82 Å². The van der Waals surface area contributed by atoms with E-state index in [-0.39, 0.29) is 17.8 Å². The summed E-state index contributed by atoms with van der Waals surface area (Å²) < 4.78 is 26.1. The van der Waals surface area contributed by atoms with Crippen molar-refractivity contribution in [1.29, 1.82) is 0 Å². The molecule has 0 fully saturated rings. The van der Waals surface area contributed by atoms with Gasteiger partial charge in [0.2, 0.25) is 0 Å². The third-order valence-electron chi connectivity index (χ3n) is 5.66. The first-order chi connectivity index (χ1) is 16.1. The SMILES string of the molecule is COc1cccc(-c2nn(-c3ccc(F)cc3)cc2C(=O)NC2CCOc3ccccc32)c1. The van der Waals surface area contributed by atoms with E-state index in [2.05, 4.69) is 10.4 Å². The molecule has 1 atom stereocenters. The fourth-order valence-electron chi connectivity index (χ4n) is 3.98. The van der Waals surface area contributed by atoms with Crippen molar-refractivity contribution in [3.63, 3.8) is 0 Å². The average Bonchev–Trinajstić information content (AvgIpc) is 3.30. The Kier molecular flexibility index (Phi) is 5.52. The summed E-state index contributed by atoms with van der Waals surface area (Å²) in [5.74, 6) is 0.857. The summed E-state index contributed by atoms with van der Waals surface area (Å²) in [6.07, 6.45) is 2.34. The lowest BCUT2D eigenvalue weighted by atomic mass is 10.00. The monoisotopic (exact) mass is 443 g/mol. The van der Waals surface area contributed by atoms with Crippen LogP contribution in [0.5, 0.6) is 11.5 Å². The summed E-state index contributed by atoms with van der Waals surface area (Å²) >= 11 is 0. The second-order valence-corrected chi connectivity index (χ2v) is 7.75. The smallest absolute Gasteiger partial charge is 0.255 e. The topological polar surface area (TPSA) is 65.4 Å². The predicted molar refractivity (Wildman–Crippen MR) is 122 cm³/mol. The Hall–Kier alpha value is -4.13. The number of halogens is 1. The third kappa shape index (κ3) is 4.17. The van der Waals surface area contributed by atoms with Gasteiger partial charge in [-0.2, -0.15) is 5.10 Å². The van der Waals surface area contributed by atoms with E-state index in [1.54, 1.807) is 30.1 Å². The Morgan fingerprint density at radius 3 is 2.76 bits per heavy atom. The Morgan fingerprint density at radius 1 is 1.12 bits per heavy atom. The molecule has 5 rings (SSSR count). The van der Waals surface area contributed by atoms with E-state index in [0.717, 1.165) is 16.9 Å². The van der Waals surface area contributed by atoms with Crippen molar-refractivity contribution < 1.29 is 18.7 Å². The second-order valence-electron chi connectivity index (χ2n) is 7.75. The van der Waals surface area contributed by atoms with Gasteiger partial charge in [-0.25, -0.2) is 9.07 Å². The van der Waals surface area contributed by atoms with E-state index in [9.17, 15) is 9.18 Å². The van der Waals surface area contributed by atoms with Gasteiger partial charge in [-0.05, 0) is 42.5 Å². The summed E-state index contributed by atoms with van der Waals surface area (Å²) in [4.78, 5) is 13.5. The fourth-order valence-corrected chi connectivity index (χ4v) is 3.98. The third-order valence-corrected chi connectivity index (χ3v) is 5.66. The number of rotatable bonds is 5. The molecule has 3 aromatic carbocycles. The van der Waals surface area contributed by atoms with Crippen LogP contribution in [-0.2, 0) is 0 Å². The number of fused-ring (bicyclic) bond motifs is 1. The zero-order valence-electron chi connectivity index (χ0n) is 18.0. The van der Waals surface area contributed by atoms with E-state index in [4.69, 9.17) is 9.47 Å². The average molecular weight is 443 g/mol. The van der Waals surface area contributed by atoms with Crippen LogP contribution in [0.2, 0.25) is 0 Å². The van der Waals surface area contributed by atoms with Gasteiger partial charge in [-0.3, -0.25) is 4.79 Å². The van der Waals surface area contributed by atoms with Crippen molar-refractivity contribution in [2.75, 3.05) is 13.7 Å². The first-order valence-electron chi connectivity index (χ1n) is 10.6. The molecule has 0 saturated carbocycles. The highest BCUT2D eigenvalue weighted by atomic mass is 19.1. The Bertz CT molecular complexity index is 1300. The van der Waals surface area contributed by atoms with Gasteiger partial charge in [0, 0.05) is 23.7 Å². The number of nitrogens with one attached hydrogen (secondary N) is 1. The molecular weight excluding hydrogens is 421 g/mol. The summed E-state index contributed by atoms with van der Waals surface area (Å²) in [6, 6.07) is 20.9. The number of carbonyl (C=O) groups is 1. The lowest BCUT2D eigenvalue weighted by Crippen LogP contribution is -2.32. The second kappa shape index (κ2) is 8.78. The Morgan fingerprint density at radius 2 is 1.94 bits per heavy atom. The van der Waals surface area contributed by atoms with Crippen LogP contribution in [0.15, 0.2) is 79.0 Å². The molecule has 0 radical (unpaired) electrons. The molecule has 2 heterocycles. The molecule has 7 heteroatoms. The van der Waals surface area contributed by atoms with Crippen molar-refractivity contribution in [1.82, 2.24) is 15.1 Å². The summed E-state index contributed by atoms with van der Waals surface area (Å²) in [6.45, 7) is 0.527. The maximum atomic E-state index is 13.5. The number of methoxy groups -OCH3 is 1. The van der Waals surface area contributed by atoms with Gasteiger partial charge >= 0.3 is 0 Å². The van der Waals surface area contributed by atoms with Crippen molar-refractivity contribution in [2.45, 2.75) is 12.5 Å². The molecule has 0 aliphatic carbocycles. The highest BCUT2D eigenvalue weighted by Gasteiger charge is 2.26. The highest BCUT2D eigenvalue weighted by Crippen LogP contribution is 2.33. The molecule has 33 heavy (non-hydrogen) atoms. The quantitative estimate of drug-likeness (QED) is 0.475. The fraction of sp³-hybridized carbons (Fsp3) is 0.154. The van der Waals surface area contributed by atoms with Crippen molar-refractivity contribution in [3.05, 3.63) is 95.9 Å². The van der Waals surface area contributed by atoms with Crippen molar-refractivity contribution in [2.24, 2.45) is 0 Å². The summed E-state index contributed by atoms with van der Waals surface area (Å²) in [5.41, 5.74) is 3.27. The number of carbonyl (C=O) groups excluding carboxylic acids is 1. The Balaban J connectivity index is 1.54. The maximum absolute atomic E-state index is 13.5. The number of aromatic nitrogens is 2. The van der Waals surface area contributed by atoms with E-state index >= 15 is 0 Å². The standard InChI is InChI=1S/C26H22FN3O3/c1-32-20-6-4-5-17(15-20)25-22(16-30(29-25)19-11-9-18(27)10-12-19)26(31)28-23-13-14-33-24-8-3-2-7-21(23)24/h2-12,15-16,23H,13-14H2,1H3,(H,28,31). The minimum atomic E-state index is -0.338. The van der Waals surface area contributed by atoms with E-state index < -0.39 is 0 Å². The minimum Gasteiger partial charge on any atom is -0.497 e. The molecule has 1 aliphatic rings. The molecular formula is C26H22FN3O3. The number of amides is 1. The largest absolute Gasteiger partial charge is 0.497 e. The van der Waals surface area contributed by atoms with Crippen LogP contribution in [0.1, 0.15) is 28.4 Å². The number of ether oxygens (including phenoxy) is 2. The molecule has 1 unspecified atom stereocenters. The van der Waals surface area contributed by atoms with E-state index in [1.165, 1.54) is 12.1 Å². The molecule has 166 valence electrons. The lowest BCUT2D eigenvalue weighted by Gasteiger charge is -2.26. The molecule has 6 nitrogen and oxygen atoms in total. The van der Waals surface area contributed by atoms with E-state index in [1.807, 2.05) is 48.5 Å². The normalized spacial score (nSPS) is 14.8. The molecule has 0 spiro atoms. The van der Waals surface area contributed by atoms with Gasteiger partial charge in [0.1, 0.15) is 23.0 Å². The maximum Gasteiger partial charge on any atom is 0.255 e. The number of hydrogen-bond donors (Lipinski definition) is 1.